The van der Waals surface area contributed by atoms with Crippen molar-refractivity contribution in [1.82, 2.24) is 9.97 Å². The molecule has 0 radical (unpaired) electrons. The Kier molecular flexibility index (Phi) is 4.11. The van der Waals surface area contributed by atoms with Gasteiger partial charge in [0.15, 0.2) is 0 Å². The van der Waals surface area contributed by atoms with Gasteiger partial charge in [-0.05, 0) is 34.6 Å². The predicted molar refractivity (Wildman–Crippen MR) is 71.5 cm³/mol. The first-order valence-corrected chi connectivity index (χ1v) is 6.27. The summed E-state index contributed by atoms with van der Waals surface area (Å²) in [6.45, 7) is 2.58. The largest absolute Gasteiger partial charge is 0.380 e. The summed E-state index contributed by atoms with van der Waals surface area (Å²) in [6.07, 6.45) is 6.92. The molecule has 0 N–H and O–H groups in total. The maximum absolute atomic E-state index is 5.12. The highest BCUT2D eigenvalue weighted by molar-refractivity contribution is 14.1. The van der Waals surface area contributed by atoms with Gasteiger partial charge in [-0.3, -0.25) is 0 Å². The lowest BCUT2D eigenvalue weighted by Crippen LogP contribution is -2.30. The maximum atomic E-state index is 5.12. The Morgan fingerprint density at radius 3 is 2.75 bits per heavy atom. The number of nitrogens with zero attached hydrogens (tertiary/aromatic N) is 3. The third kappa shape index (κ3) is 2.91. The summed E-state index contributed by atoms with van der Waals surface area (Å²) >= 11 is 2.21. The van der Waals surface area contributed by atoms with Crippen LogP contribution in [0.2, 0.25) is 0 Å². The van der Waals surface area contributed by atoms with Crippen molar-refractivity contribution in [2.24, 2.45) is 0 Å². The van der Waals surface area contributed by atoms with E-state index in [2.05, 4.69) is 43.5 Å². The van der Waals surface area contributed by atoms with Crippen LogP contribution in [0.15, 0.2) is 24.0 Å². The summed E-state index contributed by atoms with van der Waals surface area (Å²) in [5, 5.41) is 0. The van der Waals surface area contributed by atoms with Gasteiger partial charge in [0, 0.05) is 36.2 Å². The lowest BCUT2D eigenvalue weighted by atomic mass is 10.1. The van der Waals surface area contributed by atoms with Crippen molar-refractivity contribution < 1.29 is 4.74 Å². The Balaban J connectivity index is 2.01. The third-order valence-corrected chi connectivity index (χ3v) is 3.08. The van der Waals surface area contributed by atoms with Gasteiger partial charge in [0.05, 0.1) is 6.61 Å². The summed E-state index contributed by atoms with van der Waals surface area (Å²) < 4.78 is 6.18. The molecule has 2 rings (SSSR count). The molecule has 4 nitrogen and oxygen atoms in total. The molecular weight excluding hydrogens is 317 g/mol. The standard InChI is InChI=1S/C11H14IN3O/c1-16-8-9-2-4-15(5-3-9)11-13-6-10(12)7-14-11/h2,6-7H,3-5,8H2,1H3. The van der Waals surface area contributed by atoms with Crippen LogP contribution in [0.25, 0.3) is 0 Å². The number of hydrogen-bond acceptors (Lipinski definition) is 4. The molecule has 0 fully saturated rings. The highest BCUT2D eigenvalue weighted by atomic mass is 127. The molecule has 0 bridgehead atoms. The number of anilines is 1. The molecule has 86 valence electrons. The normalized spacial score (nSPS) is 16.1. The fourth-order valence-corrected chi connectivity index (χ4v) is 1.96. The van der Waals surface area contributed by atoms with Gasteiger partial charge in [-0.25, -0.2) is 9.97 Å². The number of hydrogen-bond donors (Lipinski definition) is 0. The second-order valence-electron chi connectivity index (χ2n) is 3.69. The fraction of sp³-hybridized carbons (Fsp3) is 0.455. The lowest BCUT2D eigenvalue weighted by Gasteiger charge is -2.26. The number of rotatable bonds is 3. The molecule has 0 spiro atoms. The Morgan fingerprint density at radius 2 is 2.19 bits per heavy atom. The van der Waals surface area contributed by atoms with E-state index in [1.54, 1.807) is 7.11 Å². The molecule has 0 saturated carbocycles. The summed E-state index contributed by atoms with van der Waals surface area (Å²) in [5.74, 6) is 0.813. The first-order valence-electron chi connectivity index (χ1n) is 5.19. The zero-order valence-electron chi connectivity index (χ0n) is 9.19. The van der Waals surface area contributed by atoms with Gasteiger partial charge >= 0.3 is 0 Å². The van der Waals surface area contributed by atoms with Crippen molar-refractivity contribution in [3.05, 3.63) is 27.6 Å². The van der Waals surface area contributed by atoms with Gasteiger partial charge in [-0.15, -0.1) is 0 Å². The van der Waals surface area contributed by atoms with Crippen LogP contribution >= 0.6 is 22.6 Å². The van der Waals surface area contributed by atoms with E-state index in [1.165, 1.54) is 5.57 Å². The number of ether oxygens (including phenoxy) is 1. The molecule has 0 aliphatic carbocycles. The molecule has 2 heterocycles. The molecule has 0 atom stereocenters. The molecule has 1 aromatic rings. The van der Waals surface area contributed by atoms with E-state index < -0.39 is 0 Å². The third-order valence-electron chi connectivity index (χ3n) is 2.52. The minimum atomic E-state index is 0.737. The molecule has 0 amide bonds. The zero-order chi connectivity index (χ0) is 11.4. The maximum Gasteiger partial charge on any atom is 0.225 e. The zero-order valence-corrected chi connectivity index (χ0v) is 11.3. The summed E-state index contributed by atoms with van der Waals surface area (Å²) in [4.78, 5) is 10.8. The first-order chi connectivity index (χ1) is 7.79. The molecular formula is C11H14IN3O. The molecule has 0 unspecified atom stereocenters. The first kappa shape index (κ1) is 11.8. The van der Waals surface area contributed by atoms with Crippen molar-refractivity contribution in [2.75, 3.05) is 31.7 Å². The molecule has 16 heavy (non-hydrogen) atoms. The van der Waals surface area contributed by atoms with Crippen LogP contribution < -0.4 is 4.90 Å². The van der Waals surface area contributed by atoms with Gasteiger partial charge < -0.3 is 9.64 Å². The van der Waals surface area contributed by atoms with Crippen molar-refractivity contribution in [2.45, 2.75) is 6.42 Å². The Bertz CT molecular complexity index is 377. The molecule has 1 aliphatic rings. The topological polar surface area (TPSA) is 38.2 Å². The van der Waals surface area contributed by atoms with E-state index in [-0.39, 0.29) is 0 Å². The highest BCUT2D eigenvalue weighted by Gasteiger charge is 2.13. The molecule has 0 aromatic carbocycles. The van der Waals surface area contributed by atoms with Gasteiger partial charge in [-0.1, -0.05) is 6.08 Å². The van der Waals surface area contributed by atoms with E-state index in [1.807, 2.05) is 12.4 Å². The summed E-state index contributed by atoms with van der Waals surface area (Å²) in [7, 11) is 1.73. The fourth-order valence-electron chi connectivity index (χ4n) is 1.68. The van der Waals surface area contributed by atoms with E-state index >= 15 is 0 Å². The minimum Gasteiger partial charge on any atom is -0.380 e. The average Bonchev–Trinajstić information content (AvgIpc) is 2.32. The van der Waals surface area contributed by atoms with Crippen LogP contribution in [0.5, 0.6) is 0 Å². The second kappa shape index (κ2) is 5.58. The quantitative estimate of drug-likeness (QED) is 0.626. The summed E-state index contributed by atoms with van der Waals surface area (Å²) in [6, 6.07) is 0. The Hall–Kier alpha value is -0.690. The van der Waals surface area contributed by atoms with Crippen LogP contribution in [0.1, 0.15) is 6.42 Å². The SMILES string of the molecule is COCC1=CCN(c2ncc(I)cn2)CC1. The van der Waals surface area contributed by atoms with Crippen molar-refractivity contribution in [3.63, 3.8) is 0 Å². The average molecular weight is 331 g/mol. The van der Waals surface area contributed by atoms with Gasteiger partial charge in [0.1, 0.15) is 0 Å². The predicted octanol–water partition coefficient (Wildman–Crippen LogP) is 1.86. The minimum absolute atomic E-state index is 0.737. The molecule has 0 saturated heterocycles. The monoisotopic (exact) mass is 331 g/mol. The van der Waals surface area contributed by atoms with Crippen molar-refractivity contribution >= 4 is 28.5 Å². The van der Waals surface area contributed by atoms with Crippen molar-refractivity contribution in [1.29, 1.82) is 0 Å². The number of halogens is 1. The van der Waals surface area contributed by atoms with Crippen molar-refractivity contribution in [3.8, 4) is 0 Å². The van der Waals surface area contributed by atoms with E-state index in [9.17, 15) is 0 Å². The Morgan fingerprint density at radius 1 is 1.44 bits per heavy atom. The molecule has 1 aliphatic heterocycles. The van der Waals surface area contributed by atoms with Crippen LogP contribution in [-0.2, 0) is 4.74 Å². The lowest BCUT2D eigenvalue weighted by molar-refractivity contribution is 0.222. The smallest absolute Gasteiger partial charge is 0.225 e. The van der Waals surface area contributed by atoms with Crippen LogP contribution in [0.4, 0.5) is 5.95 Å². The van der Waals surface area contributed by atoms with Gasteiger partial charge in [0.25, 0.3) is 0 Å². The molecule has 1 aromatic heterocycles. The van der Waals surface area contributed by atoms with E-state index in [0.717, 1.165) is 35.6 Å². The van der Waals surface area contributed by atoms with Gasteiger partial charge in [-0.2, -0.15) is 0 Å². The number of aromatic nitrogens is 2. The number of methoxy groups -OCH3 is 1. The Labute approximate surface area is 109 Å². The van der Waals surface area contributed by atoms with E-state index in [4.69, 9.17) is 4.74 Å². The van der Waals surface area contributed by atoms with Gasteiger partial charge in [0.2, 0.25) is 5.95 Å². The second-order valence-corrected chi connectivity index (χ2v) is 4.94. The van der Waals surface area contributed by atoms with Crippen LogP contribution in [0, 0.1) is 3.57 Å². The highest BCUT2D eigenvalue weighted by Crippen LogP contribution is 2.16. The molecule has 5 heteroatoms. The summed E-state index contributed by atoms with van der Waals surface area (Å²) in [5.41, 5.74) is 1.37. The van der Waals surface area contributed by atoms with E-state index in [0.29, 0.717) is 0 Å². The van der Waals surface area contributed by atoms with Crippen LogP contribution in [0.3, 0.4) is 0 Å². The van der Waals surface area contributed by atoms with Crippen LogP contribution in [-0.4, -0.2) is 36.8 Å².